The highest BCUT2D eigenvalue weighted by molar-refractivity contribution is 6.01. The molecule has 2 amide bonds. The summed E-state index contributed by atoms with van der Waals surface area (Å²) in [6.07, 6.45) is 0.269. The van der Waals surface area contributed by atoms with Crippen LogP contribution in [0, 0.1) is 17.6 Å². The first-order valence-corrected chi connectivity index (χ1v) is 8.76. The number of hydrogen-bond donors (Lipinski definition) is 2. The molecule has 0 bridgehead atoms. The first kappa shape index (κ1) is 19.0. The largest absolute Gasteiger partial charge is 0.344 e. The molecule has 3 atom stereocenters. The molecule has 5 nitrogen and oxygen atoms in total. The van der Waals surface area contributed by atoms with Crippen LogP contribution in [0.1, 0.15) is 24.9 Å². The Hall–Kier alpha value is -2.80. The topological polar surface area (TPSA) is 75.4 Å². The maximum absolute atomic E-state index is 13.9. The van der Waals surface area contributed by atoms with Crippen molar-refractivity contribution in [2.75, 3.05) is 11.4 Å². The lowest BCUT2D eigenvalue weighted by Gasteiger charge is -2.22. The van der Waals surface area contributed by atoms with E-state index in [0.717, 1.165) is 22.6 Å². The molecule has 3 N–H and O–H groups in total. The number of amides is 2. The van der Waals surface area contributed by atoms with Gasteiger partial charge in [-0.1, -0.05) is 43.3 Å². The highest BCUT2D eigenvalue weighted by Crippen LogP contribution is 2.28. The van der Waals surface area contributed by atoms with Crippen LogP contribution < -0.4 is 16.0 Å². The van der Waals surface area contributed by atoms with E-state index in [4.69, 9.17) is 5.73 Å². The molecule has 1 fully saturated rings. The van der Waals surface area contributed by atoms with Crippen molar-refractivity contribution in [1.29, 1.82) is 0 Å². The van der Waals surface area contributed by atoms with Gasteiger partial charge in [0.25, 0.3) is 0 Å². The van der Waals surface area contributed by atoms with Gasteiger partial charge in [0.05, 0.1) is 5.92 Å². The highest BCUT2D eigenvalue weighted by atomic mass is 19.1. The fraction of sp³-hybridized carbons (Fsp3) is 0.300. The number of halogens is 2. The van der Waals surface area contributed by atoms with Crippen LogP contribution in [-0.4, -0.2) is 24.4 Å². The van der Waals surface area contributed by atoms with Gasteiger partial charge in [0.1, 0.15) is 23.4 Å². The Morgan fingerprint density at radius 2 is 1.78 bits per heavy atom. The average molecular weight is 373 g/mol. The second-order valence-corrected chi connectivity index (χ2v) is 6.64. The molecule has 2 aromatic carbocycles. The van der Waals surface area contributed by atoms with E-state index in [0.29, 0.717) is 0 Å². The second-order valence-electron chi connectivity index (χ2n) is 6.64. The molecule has 7 heteroatoms. The van der Waals surface area contributed by atoms with E-state index in [2.05, 4.69) is 5.32 Å². The Bertz CT molecular complexity index is 824. The lowest BCUT2D eigenvalue weighted by Crippen LogP contribution is -2.45. The van der Waals surface area contributed by atoms with Gasteiger partial charge in [-0.15, -0.1) is 0 Å². The molecule has 0 aliphatic carbocycles. The average Bonchev–Trinajstić information content (AvgIpc) is 3.01. The van der Waals surface area contributed by atoms with E-state index in [-0.39, 0.29) is 24.6 Å². The van der Waals surface area contributed by atoms with Crippen molar-refractivity contribution in [1.82, 2.24) is 5.32 Å². The van der Waals surface area contributed by atoms with Crippen LogP contribution >= 0.6 is 0 Å². The van der Waals surface area contributed by atoms with Gasteiger partial charge in [-0.05, 0) is 24.1 Å². The van der Waals surface area contributed by atoms with Crippen LogP contribution in [0.3, 0.4) is 0 Å². The number of carbonyl (C=O) groups excluding carboxylic acids is 2. The molecule has 1 aliphatic rings. The zero-order valence-electron chi connectivity index (χ0n) is 14.9. The molecule has 27 heavy (non-hydrogen) atoms. The Labute approximate surface area is 156 Å². The number of para-hydroxylation sites is 1. The van der Waals surface area contributed by atoms with Gasteiger partial charge in [0, 0.05) is 12.6 Å². The van der Waals surface area contributed by atoms with Crippen LogP contribution in [0.15, 0.2) is 48.5 Å². The monoisotopic (exact) mass is 373 g/mol. The molecule has 1 heterocycles. The number of rotatable bonds is 5. The van der Waals surface area contributed by atoms with Crippen molar-refractivity contribution in [3.63, 3.8) is 0 Å². The number of anilines is 1. The summed E-state index contributed by atoms with van der Waals surface area (Å²) in [4.78, 5) is 26.1. The summed E-state index contributed by atoms with van der Waals surface area (Å²) in [5.74, 6) is -3.10. The van der Waals surface area contributed by atoms with Gasteiger partial charge < -0.3 is 16.0 Å². The summed E-state index contributed by atoms with van der Waals surface area (Å²) in [6.45, 7) is 1.81. The lowest BCUT2D eigenvalue weighted by atomic mass is 9.94. The summed E-state index contributed by atoms with van der Waals surface area (Å²) in [6, 6.07) is 11.3. The minimum Gasteiger partial charge on any atom is -0.344 e. The van der Waals surface area contributed by atoms with E-state index in [1.54, 1.807) is 6.92 Å². The highest BCUT2D eigenvalue weighted by Gasteiger charge is 2.37. The number of nitrogens with zero attached hydrogens (tertiary/aromatic N) is 1. The third-order valence-electron chi connectivity index (χ3n) is 4.87. The smallest absolute Gasteiger partial charge is 0.249 e. The van der Waals surface area contributed by atoms with Gasteiger partial charge in [0.15, 0.2) is 0 Å². The Kier molecular flexibility index (Phi) is 5.51. The standard InChI is InChI=1S/C20H21F2N3O2/c1-12(17(23)13-6-3-2-4-7-13)19(26)24-16-10-11-25(20(16)27)18-14(21)8-5-9-15(18)22/h2-9,12,16-17H,10-11,23H2,1H3,(H,24,26). The number of carbonyl (C=O) groups is 2. The van der Waals surface area contributed by atoms with Crippen LogP contribution in [0.5, 0.6) is 0 Å². The molecule has 1 aliphatic heterocycles. The van der Waals surface area contributed by atoms with Crippen LogP contribution in [0.4, 0.5) is 14.5 Å². The Morgan fingerprint density at radius 1 is 1.15 bits per heavy atom. The molecule has 142 valence electrons. The van der Waals surface area contributed by atoms with E-state index in [1.807, 2.05) is 30.3 Å². The first-order chi connectivity index (χ1) is 12.9. The first-order valence-electron chi connectivity index (χ1n) is 8.76. The Balaban J connectivity index is 1.68. The van der Waals surface area contributed by atoms with E-state index in [9.17, 15) is 18.4 Å². The molecular formula is C20H21F2N3O2. The number of nitrogens with two attached hydrogens (primary N) is 1. The minimum absolute atomic E-state index is 0.126. The minimum atomic E-state index is -0.832. The van der Waals surface area contributed by atoms with Crippen LogP contribution in [0.2, 0.25) is 0 Å². The molecule has 0 aromatic heterocycles. The molecule has 1 saturated heterocycles. The lowest BCUT2D eigenvalue weighted by molar-refractivity contribution is -0.129. The zero-order valence-corrected chi connectivity index (χ0v) is 14.9. The van der Waals surface area contributed by atoms with Gasteiger partial charge in [-0.3, -0.25) is 9.59 Å². The summed E-state index contributed by atoms with van der Waals surface area (Å²) in [7, 11) is 0. The predicted molar refractivity (Wildman–Crippen MR) is 97.8 cm³/mol. The molecule has 0 radical (unpaired) electrons. The molecule has 2 aromatic rings. The summed E-state index contributed by atoms with van der Waals surface area (Å²) in [5, 5.41) is 2.66. The fourth-order valence-corrected chi connectivity index (χ4v) is 3.21. The van der Waals surface area contributed by atoms with Gasteiger partial charge in [0.2, 0.25) is 11.8 Å². The quantitative estimate of drug-likeness (QED) is 0.846. The maximum Gasteiger partial charge on any atom is 0.249 e. The van der Waals surface area contributed by atoms with Crippen molar-refractivity contribution < 1.29 is 18.4 Å². The van der Waals surface area contributed by atoms with E-state index >= 15 is 0 Å². The summed E-state index contributed by atoms with van der Waals surface area (Å²) < 4.78 is 27.9. The van der Waals surface area contributed by atoms with Crippen molar-refractivity contribution in [2.24, 2.45) is 11.7 Å². The van der Waals surface area contributed by atoms with E-state index in [1.165, 1.54) is 6.07 Å². The van der Waals surface area contributed by atoms with Crippen molar-refractivity contribution in [3.05, 3.63) is 65.7 Å². The predicted octanol–water partition coefficient (Wildman–Crippen LogP) is 2.52. The SMILES string of the molecule is CC(C(=O)NC1CCN(c2c(F)cccc2F)C1=O)C(N)c1ccccc1. The zero-order chi connectivity index (χ0) is 19.6. The molecule has 3 rings (SSSR count). The van der Waals surface area contributed by atoms with E-state index < -0.39 is 35.5 Å². The van der Waals surface area contributed by atoms with Crippen molar-refractivity contribution in [2.45, 2.75) is 25.4 Å². The Morgan fingerprint density at radius 3 is 2.41 bits per heavy atom. The summed E-state index contributed by atoms with van der Waals surface area (Å²) in [5.41, 5.74) is 6.58. The third-order valence-corrected chi connectivity index (χ3v) is 4.87. The number of hydrogen-bond acceptors (Lipinski definition) is 3. The third kappa shape index (κ3) is 3.83. The van der Waals surface area contributed by atoms with Gasteiger partial charge in [-0.2, -0.15) is 0 Å². The number of benzene rings is 2. The second kappa shape index (κ2) is 7.84. The number of nitrogens with one attached hydrogen (secondary N) is 1. The van der Waals surface area contributed by atoms with Gasteiger partial charge in [-0.25, -0.2) is 8.78 Å². The fourth-order valence-electron chi connectivity index (χ4n) is 3.21. The van der Waals surface area contributed by atoms with Crippen molar-refractivity contribution in [3.8, 4) is 0 Å². The van der Waals surface area contributed by atoms with Crippen LogP contribution in [-0.2, 0) is 9.59 Å². The molecule has 3 unspecified atom stereocenters. The van der Waals surface area contributed by atoms with Gasteiger partial charge >= 0.3 is 0 Å². The summed E-state index contributed by atoms with van der Waals surface area (Å²) >= 11 is 0. The maximum atomic E-state index is 13.9. The molecule has 0 saturated carbocycles. The molecular weight excluding hydrogens is 352 g/mol. The van der Waals surface area contributed by atoms with Crippen LogP contribution in [0.25, 0.3) is 0 Å². The molecule has 0 spiro atoms. The normalized spacial score (nSPS) is 19.0. The van der Waals surface area contributed by atoms with Crippen molar-refractivity contribution >= 4 is 17.5 Å².